The van der Waals surface area contributed by atoms with Crippen molar-refractivity contribution >= 4 is 11.8 Å². The second-order valence-corrected chi connectivity index (χ2v) is 2.94. The van der Waals surface area contributed by atoms with Gasteiger partial charge in [0.2, 0.25) is 0 Å². The van der Waals surface area contributed by atoms with Gasteiger partial charge in [0.05, 0.1) is 6.04 Å². The van der Waals surface area contributed by atoms with Gasteiger partial charge in [0.15, 0.2) is 0 Å². The molecule has 0 spiro atoms. The zero-order valence-corrected chi connectivity index (χ0v) is 6.25. The van der Waals surface area contributed by atoms with Crippen LogP contribution in [-0.2, 0) is 0 Å². The third kappa shape index (κ3) is 1.02. The van der Waals surface area contributed by atoms with E-state index in [1.807, 2.05) is 18.2 Å². The molecule has 1 aromatic carbocycles. The molecule has 1 unspecified atom stereocenters. The van der Waals surface area contributed by atoms with E-state index in [-0.39, 0.29) is 0 Å². The highest BCUT2D eigenvalue weighted by Gasteiger charge is 2.33. The predicted molar refractivity (Wildman–Crippen MR) is 41.7 cm³/mol. The fourth-order valence-electron chi connectivity index (χ4n) is 1.06. The third-order valence-electron chi connectivity index (χ3n) is 1.74. The molecule has 0 amide bonds. The molecular formula is C8H8ClN. The average molecular weight is 154 g/mol. The summed E-state index contributed by atoms with van der Waals surface area (Å²) >= 11 is 5.72. The summed E-state index contributed by atoms with van der Waals surface area (Å²) in [5, 5.41) is 0. The van der Waals surface area contributed by atoms with E-state index in [9.17, 15) is 0 Å². The Kier molecular flexibility index (Phi) is 1.40. The van der Waals surface area contributed by atoms with Gasteiger partial charge in [-0.05, 0) is 17.3 Å². The SMILES string of the molecule is ClN1C[C@@H]1c1ccccc1. The van der Waals surface area contributed by atoms with Crippen LogP contribution in [0.25, 0.3) is 0 Å². The average Bonchev–Trinajstić information content (AvgIpc) is 2.69. The van der Waals surface area contributed by atoms with Crippen molar-refractivity contribution in [2.45, 2.75) is 6.04 Å². The van der Waals surface area contributed by atoms with E-state index in [0.717, 1.165) is 6.54 Å². The molecule has 1 fully saturated rings. The third-order valence-corrected chi connectivity index (χ3v) is 2.11. The number of nitrogens with zero attached hydrogens (tertiary/aromatic N) is 1. The molecule has 2 heteroatoms. The summed E-state index contributed by atoms with van der Waals surface area (Å²) in [6.45, 7) is 0.992. The second-order valence-electron chi connectivity index (χ2n) is 2.51. The minimum atomic E-state index is 0.475. The van der Waals surface area contributed by atoms with Crippen LogP contribution in [0.2, 0.25) is 0 Å². The molecule has 2 atom stereocenters. The maximum atomic E-state index is 5.72. The van der Waals surface area contributed by atoms with Crippen molar-refractivity contribution in [1.29, 1.82) is 0 Å². The summed E-state index contributed by atoms with van der Waals surface area (Å²) in [4.78, 5) is 0. The van der Waals surface area contributed by atoms with Crippen LogP contribution in [0.15, 0.2) is 30.3 Å². The molecule has 0 N–H and O–H groups in total. The second kappa shape index (κ2) is 2.26. The van der Waals surface area contributed by atoms with Gasteiger partial charge in [0, 0.05) is 6.54 Å². The lowest BCUT2D eigenvalue weighted by Gasteiger charge is -1.93. The van der Waals surface area contributed by atoms with Crippen LogP contribution in [0.4, 0.5) is 0 Å². The molecule has 0 radical (unpaired) electrons. The molecule has 0 bridgehead atoms. The summed E-state index contributed by atoms with van der Waals surface area (Å²) < 4.78 is 1.80. The van der Waals surface area contributed by atoms with Gasteiger partial charge in [-0.25, -0.2) is 4.42 Å². The van der Waals surface area contributed by atoms with E-state index < -0.39 is 0 Å². The van der Waals surface area contributed by atoms with Crippen molar-refractivity contribution in [1.82, 2.24) is 4.42 Å². The van der Waals surface area contributed by atoms with Crippen molar-refractivity contribution in [3.05, 3.63) is 35.9 Å². The summed E-state index contributed by atoms with van der Waals surface area (Å²) in [5.41, 5.74) is 1.32. The number of rotatable bonds is 1. The molecule has 1 nitrogen and oxygen atoms in total. The van der Waals surface area contributed by atoms with E-state index in [2.05, 4.69) is 12.1 Å². The molecule has 0 saturated carbocycles. The molecule has 0 aromatic heterocycles. The Morgan fingerprint density at radius 2 is 1.90 bits per heavy atom. The molecule has 52 valence electrons. The molecule has 1 heterocycles. The number of hydrogen-bond donors (Lipinski definition) is 0. The van der Waals surface area contributed by atoms with Gasteiger partial charge in [-0.15, -0.1) is 0 Å². The molecule has 1 aliphatic rings. The molecule has 1 aliphatic heterocycles. The van der Waals surface area contributed by atoms with Crippen molar-refractivity contribution < 1.29 is 0 Å². The highest BCUT2D eigenvalue weighted by Crippen LogP contribution is 2.35. The zero-order valence-electron chi connectivity index (χ0n) is 5.50. The lowest BCUT2D eigenvalue weighted by molar-refractivity contribution is 0.819. The van der Waals surface area contributed by atoms with Crippen LogP contribution < -0.4 is 0 Å². The van der Waals surface area contributed by atoms with Crippen molar-refractivity contribution in [3.63, 3.8) is 0 Å². The first-order valence-corrected chi connectivity index (χ1v) is 3.69. The van der Waals surface area contributed by atoms with Gasteiger partial charge < -0.3 is 0 Å². The van der Waals surface area contributed by atoms with Crippen LogP contribution >= 0.6 is 11.8 Å². The fraction of sp³-hybridized carbons (Fsp3) is 0.250. The normalized spacial score (nSPS) is 30.1. The standard InChI is InChI=1S/C8H8ClN/c9-10-6-8(10)7-4-2-1-3-5-7/h1-5,8H,6H2/t8-,10?/m1/s1. The Balaban J connectivity index is 2.20. The largest absolute Gasteiger partial charge is 0.209 e. The predicted octanol–water partition coefficient (Wildman–Crippen LogP) is 2.20. The molecule has 10 heavy (non-hydrogen) atoms. The van der Waals surface area contributed by atoms with Gasteiger partial charge in [-0.2, -0.15) is 0 Å². The van der Waals surface area contributed by atoms with E-state index in [1.165, 1.54) is 5.56 Å². The zero-order chi connectivity index (χ0) is 6.97. The molecule has 2 rings (SSSR count). The smallest absolute Gasteiger partial charge is 0.0642 e. The van der Waals surface area contributed by atoms with E-state index >= 15 is 0 Å². The number of hydrogen-bond acceptors (Lipinski definition) is 1. The van der Waals surface area contributed by atoms with Crippen molar-refractivity contribution in [3.8, 4) is 0 Å². The van der Waals surface area contributed by atoms with Gasteiger partial charge in [0.25, 0.3) is 0 Å². The van der Waals surface area contributed by atoms with E-state index in [0.29, 0.717) is 6.04 Å². The van der Waals surface area contributed by atoms with Gasteiger partial charge in [-0.3, -0.25) is 0 Å². The highest BCUT2D eigenvalue weighted by molar-refractivity contribution is 6.15. The topological polar surface area (TPSA) is 3.01 Å². The van der Waals surface area contributed by atoms with Crippen LogP contribution in [0.3, 0.4) is 0 Å². The molecule has 0 aliphatic carbocycles. The highest BCUT2D eigenvalue weighted by atomic mass is 35.5. The summed E-state index contributed by atoms with van der Waals surface area (Å²) in [6, 6.07) is 10.8. The Morgan fingerprint density at radius 3 is 2.40 bits per heavy atom. The first-order valence-electron chi connectivity index (χ1n) is 3.35. The Labute approximate surface area is 65.3 Å². The minimum Gasteiger partial charge on any atom is -0.209 e. The van der Waals surface area contributed by atoms with Crippen molar-refractivity contribution in [2.75, 3.05) is 6.54 Å². The maximum absolute atomic E-state index is 5.72. The Bertz CT molecular complexity index is 222. The van der Waals surface area contributed by atoms with E-state index in [1.54, 1.807) is 4.42 Å². The Morgan fingerprint density at radius 1 is 1.30 bits per heavy atom. The van der Waals surface area contributed by atoms with Gasteiger partial charge >= 0.3 is 0 Å². The minimum absolute atomic E-state index is 0.475. The van der Waals surface area contributed by atoms with Crippen LogP contribution in [0.5, 0.6) is 0 Å². The van der Waals surface area contributed by atoms with Crippen LogP contribution in [-0.4, -0.2) is 11.0 Å². The molecule has 1 saturated heterocycles. The van der Waals surface area contributed by atoms with Gasteiger partial charge in [-0.1, -0.05) is 30.3 Å². The lowest BCUT2D eigenvalue weighted by Crippen LogP contribution is -1.80. The lowest BCUT2D eigenvalue weighted by atomic mass is 10.2. The van der Waals surface area contributed by atoms with Crippen LogP contribution in [0, 0.1) is 0 Å². The first kappa shape index (κ1) is 6.20. The van der Waals surface area contributed by atoms with E-state index in [4.69, 9.17) is 11.8 Å². The maximum Gasteiger partial charge on any atom is 0.0642 e. The number of benzene rings is 1. The molecular weight excluding hydrogens is 146 g/mol. The summed E-state index contributed by atoms with van der Waals surface area (Å²) in [5.74, 6) is 0. The number of halogens is 1. The first-order chi connectivity index (χ1) is 4.88. The van der Waals surface area contributed by atoms with Crippen LogP contribution in [0.1, 0.15) is 11.6 Å². The summed E-state index contributed by atoms with van der Waals surface area (Å²) in [7, 11) is 0. The fourth-order valence-corrected chi connectivity index (χ4v) is 1.30. The Hall–Kier alpha value is -0.530. The van der Waals surface area contributed by atoms with Gasteiger partial charge in [0.1, 0.15) is 0 Å². The summed E-state index contributed by atoms with van der Waals surface area (Å²) in [6.07, 6.45) is 0. The monoisotopic (exact) mass is 153 g/mol. The quantitative estimate of drug-likeness (QED) is 0.442. The molecule has 1 aromatic rings. The van der Waals surface area contributed by atoms with Crippen molar-refractivity contribution in [2.24, 2.45) is 0 Å².